The standard InChI is InChI=1S/C17H14FN3O2S/c1-21-16(23)12-4-2-3-5-13(12)20-17(21)24-14(15(19)22)10-6-8-11(18)9-7-10/h2-9,14H,1H3,(H2,19,22). The SMILES string of the molecule is Cn1c(SC(C(N)=O)c2ccc(F)cc2)nc2ccccc2c1=O. The van der Waals surface area contributed by atoms with Crippen molar-refractivity contribution in [3.63, 3.8) is 0 Å². The molecule has 0 saturated heterocycles. The minimum absolute atomic E-state index is 0.203. The number of nitrogens with two attached hydrogens (primary N) is 1. The van der Waals surface area contributed by atoms with Crippen LogP contribution in [0.5, 0.6) is 0 Å². The van der Waals surface area contributed by atoms with E-state index in [1.54, 1.807) is 31.3 Å². The number of nitrogens with zero attached hydrogens (tertiary/aromatic N) is 2. The second kappa shape index (κ2) is 6.45. The number of fused-ring (bicyclic) bond motifs is 1. The molecule has 0 bridgehead atoms. The summed E-state index contributed by atoms with van der Waals surface area (Å²) in [6.45, 7) is 0. The minimum atomic E-state index is -0.773. The van der Waals surface area contributed by atoms with Gasteiger partial charge in [0.1, 0.15) is 11.1 Å². The van der Waals surface area contributed by atoms with Gasteiger partial charge in [0.25, 0.3) is 5.56 Å². The van der Waals surface area contributed by atoms with E-state index in [1.807, 2.05) is 0 Å². The first kappa shape index (κ1) is 16.2. The smallest absolute Gasteiger partial charge is 0.261 e. The molecule has 1 atom stereocenters. The summed E-state index contributed by atoms with van der Waals surface area (Å²) in [4.78, 5) is 28.7. The lowest BCUT2D eigenvalue weighted by atomic mass is 10.1. The van der Waals surface area contributed by atoms with Gasteiger partial charge in [0.2, 0.25) is 5.91 Å². The Morgan fingerprint density at radius 3 is 2.54 bits per heavy atom. The van der Waals surface area contributed by atoms with Crippen molar-refractivity contribution in [2.75, 3.05) is 0 Å². The molecular formula is C17H14FN3O2S. The molecule has 1 amide bonds. The average Bonchev–Trinajstić information content (AvgIpc) is 2.57. The van der Waals surface area contributed by atoms with Crippen LogP contribution < -0.4 is 11.3 Å². The molecule has 3 rings (SSSR count). The molecule has 5 nitrogen and oxygen atoms in total. The van der Waals surface area contributed by atoms with E-state index in [0.29, 0.717) is 21.6 Å². The zero-order valence-electron chi connectivity index (χ0n) is 12.8. The van der Waals surface area contributed by atoms with E-state index in [2.05, 4.69) is 4.98 Å². The van der Waals surface area contributed by atoms with Crippen molar-refractivity contribution in [2.45, 2.75) is 10.4 Å². The van der Waals surface area contributed by atoms with Crippen LogP contribution in [0.2, 0.25) is 0 Å². The van der Waals surface area contributed by atoms with Crippen LogP contribution in [0.3, 0.4) is 0 Å². The van der Waals surface area contributed by atoms with E-state index >= 15 is 0 Å². The highest BCUT2D eigenvalue weighted by molar-refractivity contribution is 8.00. The molecule has 0 radical (unpaired) electrons. The van der Waals surface area contributed by atoms with E-state index < -0.39 is 17.0 Å². The Kier molecular flexibility index (Phi) is 4.35. The molecule has 0 saturated carbocycles. The Morgan fingerprint density at radius 1 is 1.21 bits per heavy atom. The molecule has 1 heterocycles. The van der Waals surface area contributed by atoms with Gasteiger partial charge in [-0.25, -0.2) is 9.37 Å². The van der Waals surface area contributed by atoms with Crippen LogP contribution in [-0.4, -0.2) is 15.5 Å². The number of para-hydroxylation sites is 1. The number of rotatable bonds is 4. The molecule has 0 aliphatic heterocycles. The van der Waals surface area contributed by atoms with Gasteiger partial charge < -0.3 is 5.73 Å². The maximum Gasteiger partial charge on any atom is 0.261 e. The van der Waals surface area contributed by atoms with E-state index in [9.17, 15) is 14.0 Å². The first-order valence-electron chi connectivity index (χ1n) is 7.14. The van der Waals surface area contributed by atoms with E-state index in [0.717, 1.165) is 11.8 Å². The zero-order valence-corrected chi connectivity index (χ0v) is 13.6. The average molecular weight is 343 g/mol. The molecule has 3 aromatic rings. The van der Waals surface area contributed by atoms with Gasteiger partial charge in [0, 0.05) is 7.05 Å². The monoisotopic (exact) mass is 343 g/mol. The van der Waals surface area contributed by atoms with Crippen LogP contribution in [0.25, 0.3) is 10.9 Å². The molecule has 0 fully saturated rings. The largest absolute Gasteiger partial charge is 0.368 e. The Morgan fingerprint density at radius 2 is 1.88 bits per heavy atom. The van der Waals surface area contributed by atoms with Gasteiger partial charge in [-0.15, -0.1) is 0 Å². The van der Waals surface area contributed by atoms with Crippen molar-refractivity contribution >= 4 is 28.6 Å². The summed E-state index contributed by atoms with van der Waals surface area (Å²) in [5.41, 5.74) is 6.38. The van der Waals surface area contributed by atoms with Gasteiger partial charge in [-0.1, -0.05) is 36.0 Å². The van der Waals surface area contributed by atoms with Gasteiger partial charge in [-0.05, 0) is 29.8 Å². The van der Waals surface area contributed by atoms with E-state index in [-0.39, 0.29) is 5.56 Å². The van der Waals surface area contributed by atoms with Gasteiger partial charge in [-0.3, -0.25) is 14.2 Å². The second-order valence-corrected chi connectivity index (χ2v) is 6.30. The molecular weight excluding hydrogens is 329 g/mol. The molecule has 2 aromatic carbocycles. The minimum Gasteiger partial charge on any atom is -0.368 e. The number of benzene rings is 2. The molecule has 1 unspecified atom stereocenters. The summed E-state index contributed by atoms with van der Waals surface area (Å²) in [6, 6.07) is 12.5. The first-order chi connectivity index (χ1) is 11.5. The predicted octanol–water partition coefficient (Wildman–Crippen LogP) is 2.39. The third kappa shape index (κ3) is 3.03. The highest BCUT2D eigenvalue weighted by atomic mass is 32.2. The number of aromatic nitrogens is 2. The summed E-state index contributed by atoms with van der Waals surface area (Å²) in [5.74, 6) is -0.989. The van der Waals surface area contributed by atoms with Gasteiger partial charge >= 0.3 is 0 Å². The molecule has 7 heteroatoms. The molecule has 1 aromatic heterocycles. The Bertz CT molecular complexity index is 970. The van der Waals surface area contributed by atoms with Crippen LogP contribution in [0.15, 0.2) is 58.5 Å². The number of hydrogen-bond acceptors (Lipinski definition) is 4. The topological polar surface area (TPSA) is 78.0 Å². The van der Waals surface area contributed by atoms with Crippen molar-refractivity contribution in [3.8, 4) is 0 Å². The number of hydrogen-bond donors (Lipinski definition) is 1. The third-order valence-corrected chi connectivity index (χ3v) is 4.91. The number of halogens is 1. The molecule has 2 N–H and O–H groups in total. The van der Waals surface area contributed by atoms with Gasteiger partial charge in [0.05, 0.1) is 10.9 Å². The molecule has 24 heavy (non-hydrogen) atoms. The molecule has 122 valence electrons. The van der Waals surface area contributed by atoms with Crippen LogP contribution in [0, 0.1) is 5.82 Å². The lowest BCUT2D eigenvalue weighted by Crippen LogP contribution is -2.23. The van der Waals surface area contributed by atoms with Crippen molar-refractivity contribution in [1.29, 1.82) is 0 Å². The maximum absolute atomic E-state index is 13.1. The number of carbonyl (C=O) groups excluding carboxylic acids is 1. The van der Waals surface area contributed by atoms with Crippen molar-refractivity contribution in [3.05, 3.63) is 70.3 Å². The summed E-state index contributed by atoms with van der Waals surface area (Å²) in [6.07, 6.45) is 0. The van der Waals surface area contributed by atoms with Crippen LogP contribution in [-0.2, 0) is 11.8 Å². The Labute approximate surface area is 141 Å². The van der Waals surface area contributed by atoms with E-state index in [1.165, 1.54) is 28.8 Å². The van der Waals surface area contributed by atoms with Gasteiger partial charge in [0.15, 0.2) is 5.16 Å². The fourth-order valence-corrected chi connectivity index (χ4v) is 3.35. The molecule has 0 aliphatic rings. The van der Waals surface area contributed by atoms with Crippen molar-refractivity contribution in [2.24, 2.45) is 12.8 Å². The predicted molar refractivity (Wildman–Crippen MR) is 91.2 cm³/mol. The fourth-order valence-electron chi connectivity index (χ4n) is 2.34. The lowest BCUT2D eigenvalue weighted by Gasteiger charge is -2.15. The number of carbonyl (C=O) groups is 1. The number of thioether (sulfide) groups is 1. The first-order valence-corrected chi connectivity index (χ1v) is 8.02. The van der Waals surface area contributed by atoms with Crippen molar-refractivity contribution < 1.29 is 9.18 Å². The normalized spacial score (nSPS) is 12.2. The molecule has 0 spiro atoms. The summed E-state index contributed by atoms with van der Waals surface area (Å²) >= 11 is 1.07. The Hall–Kier alpha value is -2.67. The Balaban J connectivity index is 2.06. The van der Waals surface area contributed by atoms with Crippen LogP contribution >= 0.6 is 11.8 Å². The summed E-state index contributed by atoms with van der Waals surface area (Å²) in [5, 5.41) is 0.0958. The fraction of sp³-hybridized carbons (Fsp3) is 0.118. The molecule has 0 aliphatic carbocycles. The van der Waals surface area contributed by atoms with E-state index in [4.69, 9.17) is 5.73 Å². The maximum atomic E-state index is 13.1. The van der Waals surface area contributed by atoms with Gasteiger partial charge in [-0.2, -0.15) is 0 Å². The number of primary amides is 1. The summed E-state index contributed by atoms with van der Waals surface area (Å²) < 4.78 is 14.5. The number of amides is 1. The van der Waals surface area contributed by atoms with Crippen LogP contribution in [0.1, 0.15) is 10.8 Å². The quantitative estimate of drug-likeness (QED) is 0.583. The third-order valence-electron chi connectivity index (χ3n) is 3.60. The van der Waals surface area contributed by atoms with Crippen LogP contribution in [0.4, 0.5) is 4.39 Å². The highest BCUT2D eigenvalue weighted by Crippen LogP contribution is 2.33. The lowest BCUT2D eigenvalue weighted by molar-refractivity contribution is -0.117. The van der Waals surface area contributed by atoms with Crippen molar-refractivity contribution in [1.82, 2.24) is 9.55 Å². The highest BCUT2D eigenvalue weighted by Gasteiger charge is 2.22. The second-order valence-electron chi connectivity index (χ2n) is 5.23. The summed E-state index contributed by atoms with van der Waals surface area (Å²) in [7, 11) is 1.59. The zero-order chi connectivity index (χ0) is 17.3.